The standard InChI is InChI=1S/C62H51BN2OS/c1-60(2,3)38-22-24-39(25-23-38)65-52-35-49-48(61(4,5)28-29-62(49,6)7)30-43(52)41-26-27-42-44-34-55-45(40-20-14-15-21-54(40)67-55)32-51(44)64-53-33-47-46(31-50(53)63(65)56(41)57(42)64)58(36-16-10-8-11-17-36)66-59(47)37-18-12-9-13-19-37/h8-27,30-35H,28-29H2,1-7H3. The molecule has 0 radical (unpaired) electrons. The van der Waals surface area contributed by atoms with Crippen LogP contribution in [0.15, 0.2) is 162 Å². The molecular weight excluding hydrogens is 832 g/mol. The van der Waals surface area contributed by atoms with Gasteiger partial charge in [-0.1, -0.05) is 158 Å². The van der Waals surface area contributed by atoms with E-state index in [9.17, 15) is 0 Å². The summed E-state index contributed by atoms with van der Waals surface area (Å²) < 4.78 is 12.5. The van der Waals surface area contributed by atoms with Crippen molar-refractivity contribution in [3.8, 4) is 39.5 Å². The molecule has 67 heavy (non-hydrogen) atoms. The molecule has 0 atom stereocenters. The van der Waals surface area contributed by atoms with E-state index < -0.39 is 0 Å². The molecule has 3 nitrogen and oxygen atoms in total. The summed E-state index contributed by atoms with van der Waals surface area (Å²) in [4.78, 5) is 2.72. The van der Waals surface area contributed by atoms with E-state index in [-0.39, 0.29) is 23.1 Å². The predicted octanol–water partition coefficient (Wildman–Crippen LogP) is 16.1. The third kappa shape index (κ3) is 5.47. The third-order valence-electron chi connectivity index (χ3n) is 16.0. The van der Waals surface area contributed by atoms with Gasteiger partial charge in [-0.2, -0.15) is 0 Å². The van der Waals surface area contributed by atoms with Crippen LogP contribution in [0.5, 0.6) is 0 Å². The molecule has 0 unspecified atom stereocenters. The van der Waals surface area contributed by atoms with Gasteiger partial charge in [-0.3, -0.25) is 0 Å². The van der Waals surface area contributed by atoms with Gasteiger partial charge in [0, 0.05) is 75.5 Å². The molecular formula is C62H51BN2OS. The lowest BCUT2D eigenvalue weighted by molar-refractivity contribution is 0.332. The molecule has 14 rings (SSSR count). The van der Waals surface area contributed by atoms with Crippen molar-refractivity contribution in [2.45, 2.75) is 77.6 Å². The molecule has 11 aromatic rings. The maximum absolute atomic E-state index is 7.17. The number of anilines is 2. The van der Waals surface area contributed by atoms with Crippen molar-refractivity contribution in [3.05, 3.63) is 174 Å². The molecule has 0 fully saturated rings. The molecule has 0 saturated heterocycles. The number of hydrogen-bond donors (Lipinski definition) is 0. The topological polar surface area (TPSA) is 21.3 Å². The van der Waals surface area contributed by atoms with Crippen molar-refractivity contribution in [1.29, 1.82) is 0 Å². The van der Waals surface area contributed by atoms with Gasteiger partial charge in [-0.25, -0.2) is 0 Å². The molecule has 2 aliphatic heterocycles. The second-order valence-corrected chi connectivity index (χ2v) is 23.0. The maximum Gasteiger partial charge on any atom is 0.333 e. The Morgan fingerprint density at radius 3 is 1.87 bits per heavy atom. The largest absolute Gasteiger partial charge is 0.455 e. The number of benzene rings is 8. The van der Waals surface area contributed by atoms with Crippen LogP contribution in [0.25, 0.3) is 92.2 Å². The monoisotopic (exact) mass is 882 g/mol. The van der Waals surface area contributed by atoms with Gasteiger partial charge in [-0.15, -0.1) is 11.3 Å². The van der Waals surface area contributed by atoms with Crippen molar-refractivity contribution in [3.63, 3.8) is 0 Å². The van der Waals surface area contributed by atoms with Crippen LogP contribution in [-0.4, -0.2) is 11.4 Å². The molecule has 324 valence electrons. The fourth-order valence-corrected chi connectivity index (χ4v) is 13.4. The molecule has 5 heterocycles. The van der Waals surface area contributed by atoms with E-state index in [2.05, 4.69) is 216 Å². The van der Waals surface area contributed by atoms with Crippen LogP contribution in [0, 0.1) is 0 Å². The number of nitrogens with zero attached hydrogens (tertiary/aromatic N) is 2. The zero-order valence-corrected chi connectivity index (χ0v) is 40.0. The quantitative estimate of drug-likeness (QED) is 0.165. The number of hydrogen-bond acceptors (Lipinski definition) is 3. The Morgan fingerprint density at radius 2 is 1.18 bits per heavy atom. The van der Waals surface area contributed by atoms with Gasteiger partial charge < -0.3 is 13.8 Å². The van der Waals surface area contributed by atoms with E-state index >= 15 is 0 Å². The van der Waals surface area contributed by atoms with Crippen molar-refractivity contribution in [1.82, 2.24) is 4.57 Å². The first kappa shape index (κ1) is 39.4. The minimum absolute atomic E-state index is 0.0282. The normalized spacial score (nSPS) is 15.7. The molecule has 1 aliphatic carbocycles. The summed E-state index contributed by atoms with van der Waals surface area (Å²) in [6.45, 7) is 16.7. The number of thiophene rings is 1. The smallest absolute Gasteiger partial charge is 0.333 e. The fraction of sp³-hybridized carbons (Fsp3) is 0.194. The van der Waals surface area contributed by atoms with E-state index in [0.29, 0.717) is 0 Å². The highest BCUT2D eigenvalue weighted by Crippen LogP contribution is 2.53. The second kappa shape index (κ2) is 13.4. The summed E-state index contributed by atoms with van der Waals surface area (Å²) in [7, 11) is 0. The Hall–Kier alpha value is -6.82. The molecule has 0 spiro atoms. The minimum Gasteiger partial charge on any atom is -0.455 e. The van der Waals surface area contributed by atoms with Crippen LogP contribution in [0.2, 0.25) is 0 Å². The lowest BCUT2D eigenvalue weighted by Gasteiger charge is -2.46. The molecule has 8 aromatic carbocycles. The first-order valence-electron chi connectivity index (χ1n) is 24.1. The van der Waals surface area contributed by atoms with Gasteiger partial charge in [0.05, 0.1) is 11.0 Å². The molecule has 0 N–H and O–H groups in total. The van der Waals surface area contributed by atoms with E-state index in [1.54, 1.807) is 0 Å². The highest BCUT2D eigenvalue weighted by molar-refractivity contribution is 7.25. The SMILES string of the molecule is CC(C)(C)c1ccc(N2B3c4cc5c(-c6ccccc6)oc(-c6ccccc6)c5cc4-n4c5cc6c(cc5c5ccc(c3c54)-c3cc4c(cc32)C(C)(C)CCC4(C)C)sc2ccccc26)cc1. The Bertz CT molecular complexity index is 3900. The predicted molar refractivity (Wildman–Crippen MR) is 287 cm³/mol. The summed E-state index contributed by atoms with van der Waals surface area (Å²) in [5, 5.41) is 7.48. The van der Waals surface area contributed by atoms with Gasteiger partial charge in [0.1, 0.15) is 11.5 Å². The Kier molecular flexibility index (Phi) is 7.88. The van der Waals surface area contributed by atoms with Crippen LogP contribution in [0.3, 0.4) is 0 Å². The molecule has 0 saturated carbocycles. The lowest BCUT2D eigenvalue weighted by Crippen LogP contribution is -2.60. The Morgan fingerprint density at radius 1 is 0.537 bits per heavy atom. The highest BCUT2D eigenvalue weighted by Gasteiger charge is 2.47. The molecule has 0 bridgehead atoms. The number of rotatable bonds is 3. The number of fused-ring (bicyclic) bond motifs is 13. The van der Waals surface area contributed by atoms with E-state index in [1.807, 2.05) is 11.3 Å². The van der Waals surface area contributed by atoms with Crippen molar-refractivity contribution < 1.29 is 4.42 Å². The summed E-state index contributed by atoms with van der Waals surface area (Å²) in [5.41, 5.74) is 18.1. The summed E-state index contributed by atoms with van der Waals surface area (Å²) in [6.07, 6.45) is 2.33. The van der Waals surface area contributed by atoms with Crippen molar-refractivity contribution in [2.75, 3.05) is 4.81 Å². The number of aromatic nitrogens is 1. The average Bonchev–Trinajstić information content (AvgIpc) is 4.00. The van der Waals surface area contributed by atoms with Crippen molar-refractivity contribution in [2.24, 2.45) is 0 Å². The molecule has 3 aromatic heterocycles. The Balaban J connectivity index is 1.17. The van der Waals surface area contributed by atoms with Crippen LogP contribution in [0.4, 0.5) is 11.4 Å². The van der Waals surface area contributed by atoms with Gasteiger partial charge in [-0.05, 0) is 111 Å². The fourth-order valence-electron chi connectivity index (χ4n) is 12.3. The molecule has 0 amide bonds. The second-order valence-electron chi connectivity index (χ2n) is 21.9. The zero-order chi connectivity index (χ0) is 45.3. The maximum atomic E-state index is 7.17. The van der Waals surface area contributed by atoms with Crippen LogP contribution >= 0.6 is 11.3 Å². The lowest BCUT2D eigenvalue weighted by atomic mass is 9.43. The molecule has 3 aliphatic rings. The summed E-state index contributed by atoms with van der Waals surface area (Å²) in [6, 6.07) is 59.9. The van der Waals surface area contributed by atoms with Crippen LogP contribution in [0.1, 0.15) is 78.0 Å². The van der Waals surface area contributed by atoms with Gasteiger partial charge in [0.15, 0.2) is 0 Å². The van der Waals surface area contributed by atoms with Crippen molar-refractivity contribution >= 4 is 93.2 Å². The summed E-state index contributed by atoms with van der Waals surface area (Å²) >= 11 is 1.90. The zero-order valence-electron chi connectivity index (χ0n) is 39.2. The van der Waals surface area contributed by atoms with Gasteiger partial charge >= 0.3 is 6.85 Å². The Labute approximate surface area is 396 Å². The summed E-state index contributed by atoms with van der Waals surface area (Å²) in [5.74, 6) is 1.80. The van der Waals surface area contributed by atoms with Gasteiger partial charge in [0.2, 0.25) is 0 Å². The highest BCUT2D eigenvalue weighted by atomic mass is 32.1. The van der Waals surface area contributed by atoms with Gasteiger partial charge in [0.25, 0.3) is 0 Å². The first-order valence-corrected chi connectivity index (χ1v) is 24.9. The first-order chi connectivity index (χ1) is 32.3. The van der Waals surface area contributed by atoms with Crippen LogP contribution in [-0.2, 0) is 16.2 Å². The average molecular weight is 883 g/mol. The van der Waals surface area contributed by atoms with E-state index in [0.717, 1.165) is 39.8 Å². The number of furan rings is 1. The minimum atomic E-state index is -0.124. The third-order valence-corrected chi connectivity index (χ3v) is 17.1. The van der Waals surface area contributed by atoms with Crippen LogP contribution < -0.4 is 15.7 Å². The molecule has 5 heteroatoms. The van der Waals surface area contributed by atoms with E-state index in [1.165, 1.54) is 104 Å². The van der Waals surface area contributed by atoms with E-state index in [4.69, 9.17) is 4.42 Å².